The molecule has 0 unspecified atom stereocenters. The topological polar surface area (TPSA) is 61.0 Å². The van der Waals surface area contributed by atoms with E-state index in [1.165, 1.54) is 7.11 Å². The van der Waals surface area contributed by atoms with Gasteiger partial charge in [-0.3, -0.25) is 0 Å². The van der Waals surface area contributed by atoms with Gasteiger partial charge >= 0.3 is 6.01 Å². The van der Waals surface area contributed by atoms with E-state index in [1.54, 1.807) is 6.20 Å². The molecule has 0 bridgehead atoms. The molecule has 0 spiro atoms. The maximum atomic E-state index is 5.42. The first-order valence-electron chi connectivity index (χ1n) is 3.34. The van der Waals surface area contributed by atoms with Gasteiger partial charge in [-0.2, -0.15) is 0 Å². The Hall–Kier alpha value is -1.16. The van der Waals surface area contributed by atoms with Crippen LogP contribution in [-0.4, -0.2) is 17.1 Å². The number of hydrogen-bond acceptors (Lipinski definition) is 4. The Bertz CT molecular complexity index is 249. The highest BCUT2D eigenvalue weighted by atomic mass is 16.5. The van der Waals surface area contributed by atoms with E-state index < -0.39 is 0 Å². The summed E-state index contributed by atoms with van der Waals surface area (Å²) in [4.78, 5) is 7.96. The predicted octanol–water partition coefficient (Wildman–Crippen LogP) is 0.252. The Balaban J connectivity index is 2.99. The van der Waals surface area contributed by atoms with Gasteiger partial charge in [-0.15, -0.1) is 0 Å². The number of nitrogens with zero attached hydrogens (tertiary/aromatic N) is 2. The first kappa shape index (κ1) is 7.94. The molecule has 0 saturated heterocycles. The summed E-state index contributed by atoms with van der Waals surface area (Å²) in [7, 11) is 1.54. The summed E-state index contributed by atoms with van der Waals surface area (Å²) in [6.45, 7) is 2.35. The van der Waals surface area contributed by atoms with E-state index in [4.69, 9.17) is 10.5 Å². The van der Waals surface area contributed by atoms with E-state index >= 15 is 0 Å². The lowest BCUT2D eigenvalue weighted by molar-refractivity contribution is 0.378. The van der Waals surface area contributed by atoms with Crippen LogP contribution >= 0.6 is 0 Å². The fourth-order valence-corrected chi connectivity index (χ4v) is 0.769. The van der Waals surface area contributed by atoms with Crippen LogP contribution < -0.4 is 10.5 Å². The summed E-state index contributed by atoms with van der Waals surface area (Å²) in [6, 6.07) is 0.389. The van der Waals surface area contributed by atoms with Gasteiger partial charge in [-0.1, -0.05) is 0 Å². The third-order valence-electron chi connectivity index (χ3n) is 1.46. The zero-order valence-corrected chi connectivity index (χ0v) is 6.66. The summed E-state index contributed by atoms with van der Waals surface area (Å²) >= 11 is 0. The molecule has 1 heterocycles. The van der Waals surface area contributed by atoms with Crippen molar-refractivity contribution in [1.29, 1.82) is 0 Å². The first-order valence-corrected chi connectivity index (χ1v) is 3.34. The van der Waals surface area contributed by atoms with Crippen LogP contribution in [0.15, 0.2) is 6.20 Å². The average Bonchev–Trinajstić information content (AvgIpc) is 2.04. The Morgan fingerprint density at radius 2 is 2.36 bits per heavy atom. The molecule has 0 aliphatic carbocycles. The third-order valence-corrected chi connectivity index (χ3v) is 1.46. The number of nitrogens with two attached hydrogens (primary N) is 1. The van der Waals surface area contributed by atoms with Gasteiger partial charge in [0.2, 0.25) is 0 Å². The zero-order valence-electron chi connectivity index (χ0n) is 6.66. The highest BCUT2D eigenvalue weighted by molar-refractivity contribution is 5.17. The second-order valence-electron chi connectivity index (χ2n) is 2.17. The molecule has 0 aliphatic rings. The smallest absolute Gasteiger partial charge is 0.316 e. The largest absolute Gasteiger partial charge is 0.467 e. The van der Waals surface area contributed by atoms with Gasteiger partial charge < -0.3 is 10.5 Å². The number of aryl methyl sites for hydroxylation is 1. The van der Waals surface area contributed by atoms with Gasteiger partial charge in [-0.25, -0.2) is 9.97 Å². The van der Waals surface area contributed by atoms with Crippen molar-refractivity contribution in [1.82, 2.24) is 9.97 Å². The molecule has 1 aromatic heterocycles. The van der Waals surface area contributed by atoms with Crippen LogP contribution in [0.4, 0.5) is 0 Å². The van der Waals surface area contributed by atoms with Crippen molar-refractivity contribution in [2.75, 3.05) is 7.11 Å². The van der Waals surface area contributed by atoms with Gasteiger partial charge in [-0.05, 0) is 6.92 Å². The fourth-order valence-electron chi connectivity index (χ4n) is 0.769. The van der Waals surface area contributed by atoms with Crippen molar-refractivity contribution in [2.24, 2.45) is 5.73 Å². The molecule has 0 saturated carbocycles. The van der Waals surface area contributed by atoms with E-state index in [-0.39, 0.29) is 0 Å². The van der Waals surface area contributed by atoms with Crippen LogP contribution in [-0.2, 0) is 6.54 Å². The maximum Gasteiger partial charge on any atom is 0.316 e. The number of rotatable bonds is 2. The molecule has 4 nitrogen and oxygen atoms in total. The van der Waals surface area contributed by atoms with Crippen LogP contribution in [0.2, 0.25) is 0 Å². The molecular weight excluding hydrogens is 142 g/mol. The van der Waals surface area contributed by atoms with Crippen LogP contribution in [0.3, 0.4) is 0 Å². The van der Waals surface area contributed by atoms with Crippen molar-refractivity contribution in [3.8, 4) is 6.01 Å². The molecule has 0 atom stereocenters. The molecule has 0 aliphatic heterocycles. The van der Waals surface area contributed by atoms with E-state index in [0.717, 1.165) is 11.3 Å². The standard InChI is InChI=1S/C7H11N3O/c1-5-6(3-8)4-9-7(10-5)11-2/h4H,3,8H2,1-2H3. The Morgan fingerprint density at radius 3 is 2.82 bits per heavy atom. The summed E-state index contributed by atoms with van der Waals surface area (Å²) < 4.78 is 4.83. The molecule has 0 amide bonds. The van der Waals surface area contributed by atoms with Gasteiger partial charge in [0.25, 0.3) is 0 Å². The SMILES string of the molecule is COc1ncc(CN)c(C)n1. The van der Waals surface area contributed by atoms with Gasteiger partial charge in [0, 0.05) is 24.0 Å². The quantitative estimate of drug-likeness (QED) is 0.661. The van der Waals surface area contributed by atoms with E-state index in [9.17, 15) is 0 Å². The number of aromatic nitrogens is 2. The molecule has 60 valence electrons. The fraction of sp³-hybridized carbons (Fsp3) is 0.429. The monoisotopic (exact) mass is 153 g/mol. The Labute approximate surface area is 65.4 Å². The average molecular weight is 153 g/mol. The van der Waals surface area contributed by atoms with Gasteiger partial charge in [0.15, 0.2) is 0 Å². The minimum Gasteiger partial charge on any atom is -0.467 e. The van der Waals surface area contributed by atoms with Crippen molar-refractivity contribution in [3.05, 3.63) is 17.5 Å². The van der Waals surface area contributed by atoms with Crippen LogP contribution in [0.1, 0.15) is 11.3 Å². The van der Waals surface area contributed by atoms with Crippen molar-refractivity contribution >= 4 is 0 Å². The highest BCUT2D eigenvalue weighted by Gasteiger charge is 1.99. The molecule has 0 fully saturated rings. The van der Waals surface area contributed by atoms with Crippen molar-refractivity contribution in [2.45, 2.75) is 13.5 Å². The minimum atomic E-state index is 0.389. The summed E-state index contributed by atoms with van der Waals surface area (Å²) in [6.07, 6.45) is 1.68. The highest BCUT2D eigenvalue weighted by Crippen LogP contribution is 2.06. The maximum absolute atomic E-state index is 5.42. The molecule has 1 rings (SSSR count). The number of methoxy groups -OCH3 is 1. The number of ether oxygens (including phenoxy) is 1. The molecule has 2 N–H and O–H groups in total. The van der Waals surface area contributed by atoms with Crippen LogP contribution in [0.25, 0.3) is 0 Å². The molecule has 4 heteroatoms. The first-order chi connectivity index (χ1) is 5.27. The second kappa shape index (κ2) is 3.30. The zero-order chi connectivity index (χ0) is 8.27. The lowest BCUT2D eigenvalue weighted by Crippen LogP contribution is -2.03. The minimum absolute atomic E-state index is 0.389. The summed E-state index contributed by atoms with van der Waals surface area (Å²) in [5, 5.41) is 0. The van der Waals surface area contributed by atoms with Crippen LogP contribution in [0, 0.1) is 6.92 Å². The molecule has 11 heavy (non-hydrogen) atoms. The lowest BCUT2D eigenvalue weighted by atomic mass is 10.2. The predicted molar refractivity (Wildman–Crippen MR) is 41.2 cm³/mol. The Morgan fingerprint density at radius 1 is 1.64 bits per heavy atom. The molecule has 0 aromatic carbocycles. The lowest BCUT2D eigenvalue weighted by Gasteiger charge is -2.02. The second-order valence-corrected chi connectivity index (χ2v) is 2.17. The van der Waals surface area contributed by atoms with Crippen LogP contribution in [0.5, 0.6) is 6.01 Å². The molecule has 0 radical (unpaired) electrons. The van der Waals surface area contributed by atoms with Gasteiger partial charge in [0.05, 0.1) is 7.11 Å². The van der Waals surface area contributed by atoms with E-state index in [0.29, 0.717) is 12.6 Å². The van der Waals surface area contributed by atoms with Gasteiger partial charge in [0.1, 0.15) is 0 Å². The Kier molecular flexibility index (Phi) is 2.38. The van der Waals surface area contributed by atoms with Crippen molar-refractivity contribution in [3.63, 3.8) is 0 Å². The molecular formula is C7H11N3O. The molecule has 1 aromatic rings. The number of hydrogen-bond donors (Lipinski definition) is 1. The van der Waals surface area contributed by atoms with E-state index in [1.807, 2.05) is 6.92 Å². The summed E-state index contributed by atoms with van der Waals surface area (Å²) in [5.41, 5.74) is 7.25. The third kappa shape index (κ3) is 1.65. The van der Waals surface area contributed by atoms with Crippen molar-refractivity contribution < 1.29 is 4.74 Å². The van der Waals surface area contributed by atoms with E-state index in [2.05, 4.69) is 9.97 Å². The normalized spacial score (nSPS) is 9.73. The summed E-state index contributed by atoms with van der Waals surface area (Å²) in [5.74, 6) is 0.